The molecule has 0 spiro atoms. The number of pyridine rings is 2. The molecule has 2 aromatic heterocycles. The van der Waals surface area contributed by atoms with E-state index in [4.69, 9.17) is 46.4 Å². The van der Waals surface area contributed by atoms with Crippen molar-refractivity contribution in [3.05, 3.63) is 189 Å². The van der Waals surface area contributed by atoms with Crippen molar-refractivity contribution in [3.63, 3.8) is 0 Å². The van der Waals surface area contributed by atoms with Crippen molar-refractivity contribution < 1.29 is 43.1 Å². The molecule has 0 N–H and O–H groups in total. The molecule has 274 valence electrons. The minimum absolute atomic E-state index is 0. The lowest BCUT2D eigenvalue weighted by Crippen LogP contribution is -3.00. The standard InChI is InChI=1S/C45H32Cl4N4.2BrH/c1-50(37-15-9-33(46)10-16-37)41-21-23-52(43-27-35(48)13-19-39(41)43)45(31-7-3-5-29(25-31)30-6-4-8-32(45)26-30)53-24-22-42(40-20-14-36(49)28-44(40)53)51(2)38-17-11-34(47)12-18-38;;/h3-28H,1-2H3;2*1H/q+2;;/p-2. The number of nitrogens with zero attached hydrogens (tertiary/aromatic N) is 4. The van der Waals surface area contributed by atoms with Crippen LogP contribution in [0.25, 0.3) is 32.9 Å². The van der Waals surface area contributed by atoms with Gasteiger partial charge in [0.15, 0.2) is 12.4 Å². The average Bonchev–Trinajstić information content (AvgIpc) is 3.23. The fourth-order valence-corrected chi connectivity index (χ4v) is 8.48. The van der Waals surface area contributed by atoms with Crippen molar-refractivity contribution in [3.8, 4) is 11.1 Å². The van der Waals surface area contributed by atoms with Crippen molar-refractivity contribution >= 4 is 91.0 Å². The molecule has 6 aromatic carbocycles. The Morgan fingerprint density at radius 3 is 1.22 bits per heavy atom. The lowest BCUT2D eigenvalue weighted by molar-refractivity contribution is -0.950. The van der Waals surface area contributed by atoms with Crippen LogP contribution in [0, 0.1) is 0 Å². The number of halogens is 6. The average molecular weight is 930 g/mol. The number of rotatable bonds is 6. The Labute approximate surface area is 361 Å². The van der Waals surface area contributed by atoms with Gasteiger partial charge in [-0.3, -0.25) is 0 Å². The minimum atomic E-state index is -0.927. The van der Waals surface area contributed by atoms with Gasteiger partial charge in [-0.2, -0.15) is 0 Å². The number of benzene rings is 6. The summed E-state index contributed by atoms with van der Waals surface area (Å²) in [5, 5.41) is 4.74. The first-order valence-corrected chi connectivity index (χ1v) is 18.7. The zero-order valence-corrected chi connectivity index (χ0v) is 35.8. The van der Waals surface area contributed by atoms with Gasteiger partial charge in [-0.25, -0.2) is 0 Å². The second-order valence-electron chi connectivity index (χ2n) is 13.4. The molecule has 8 aromatic rings. The van der Waals surface area contributed by atoms with E-state index in [0.29, 0.717) is 20.1 Å². The van der Waals surface area contributed by atoms with E-state index in [1.807, 2.05) is 60.7 Å². The van der Waals surface area contributed by atoms with Crippen LogP contribution < -0.4 is 52.9 Å². The molecule has 9 rings (SSSR count). The smallest absolute Gasteiger partial charge is 0.415 e. The molecule has 2 heterocycles. The predicted octanol–water partition coefficient (Wildman–Crippen LogP) is 6.00. The molecule has 0 amide bonds. The van der Waals surface area contributed by atoms with Crippen molar-refractivity contribution in [2.75, 3.05) is 23.9 Å². The van der Waals surface area contributed by atoms with E-state index < -0.39 is 5.66 Å². The van der Waals surface area contributed by atoms with Gasteiger partial charge in [0.2, 0.25) is 11.0 Å². The van der Waals surface area contributed by atoms with Crippen LogP contribution in [-0.4, -0.2) is 14.1 Å². The van der Waals surface area contributed by atoms with E-state index in [-0.39, 0.29) is 34.0 Å². The number of hydrogen-bond donors (Lipinski definition) is 0. The normalized spacial score (nSPS) is 12.4. The molecule has 4 bridgehead atoms. The second kappa shape index (κ2) is 15.4. The molecule has 1 aliphatic rings. The Balaban J connectivity index is 0.00000233. The van der Waals surface area contributed by atoms with Crippen LogP contribution in [0.2, 0.25) is 20.1 Å². The second-order valence-corrected chi connectivity index (χ2v) is 15.1. The highest BCUT2D eigenvalue weighted by molar-refractivity contribution is 6.32. The summed E-state index contributed by atoms with van der Waals surface area (Å²) in [5.74, 6) is 0. The molecule has 0 unspecified atom stereocenters. The Hall–Kier alpha value is -4.14. The third kappa shape index (κ3) is 6.57. The minimum Gasteiger partial charge on any atom is -1.00 e. The molecule has 10 heteroatoms. The largest absolute Gasteiger partial charge is 1.00 e. The lowest BCUT2D eigenvalue weighted by atomic mass is 9.89. The fourth-order valence-electron chi connectivity index (χ4n) is 7.90. The van der Waals surface area contributed by atoms with Gasteiger partial charge in [-0.1, -0.05) is 70.7 Å². The summed E-state index contributed by atoms with van der Waals surface area (Å²) in [5.41, 5.74) is 9.55. The van der Waals surface area contributed by atoms with E-state index in [2.05, 4.69) is 130 Å². The van der Waals surface area contributed by atoms with E-state index in [1.165, 1.54) is 0 Å². The van der Waals surface area contributed by atoms with E-state index >= 15 is 0 Å². The topological polar surface area (TPSA) is 14.2 Å². The molecular formula is C45H32Br2Cl4N4. The van der Waals surface area contributed by atoms with Gasteiger partial charge in [-0.15, -0.1) is 9.13 Å². The summed E-state index contributed by atoms with van der Waals surface area (Å²) >= 11 is 26.4. The van der Waals surface area contributed by atoms with Gasteiger partial charge in [0.1, 0.15) is 11.1 Å². The highest BCUT2D eigenvalue weighted by atomic mass is 79.9. The molecule has 0 saturated heterocycles. The van der Waals surface area contributed by atoms with Crippen LogP contribution in [-0.2, 0) is 5.66 Å². The molecule has 0 saturated carbocycles. The summed E-state index contributed by atoms with van der Waals surface area (Å²) in [4.78, 5) is 4.36. The summed E-state index contributed by atoms with van der Waals surface area (Å²) < 4.78 is 4.72. The van der Waals surface area contributed by atoms with E-state index in [1.54, 1.807) is 0 Å². The zero-order chi connectivity index (χ0) is 36.4. The van der Waals surface area contributed by atoms with E-state index in [0.717, 1.165) is 66.8 Å². The Morgan fingerprint density at radius 1 is 0.436 bits per heavy atom. The first kappa shape index (κ1) is 39.1. The quantitative estimate of drug-likeness (QED) is 0.190. The highest BCUT2D eigenvalue weighted by Gasteiger charge is 2.57. The van der Waals surface area contributed by atoms with Crippen LogP contribution in [0.4, 0.5) is 22.7 Å². The molecule has 55 heavy (non-hydrogen) atoms. The Morgan fingerprint density at radius 2 is 0.818 bits per heavy atom. The monoisotopic (exact) mass is 926 g/mol. The van der Waals surface area contributed by atoms with Crippen molar-refractivity contribution in [1.82, 2.24) is 0 Å². The predicted molar refractivity (Wildman–Crippen MR) is 221 cm³/mol. The highest BCUT2D eigenvalue weighted by Crippen LogP contribution is 2.41. The summed E-state index contributed by atoms with van der Waals surface area (Å²) in [6.45, 7) is 0. The number of hydrogen-bond acceptors (Lipinski definition) is 2. The van der Waals surface area contributed by atoms with Gasteiger partial charge in [0, 0.05) is 69.8 Å². The zero-order valence-electron chi connectivity index (χ0n) is 29.6. The van der Waals surface area contributed by atoms with Gasteiger partial charge in [0.25, 0.3) is 0 Å². The maximum atomic E-state index is 6.91. The van der Waals surface area contributed by atoms with Gasteiger partial charge < -0.3 is 43.8 Å². The lowest BCUT2D eigenvalue weighted by Gasteiger charge is -2.28. The van der Waals surface area contributed by atoms with Crippen LogP contribution in [0.3, 0.4) is 0 Å². The molecule has 1 aliphatic carbocycles. The van der Waals surface area contributed by atoms with Gasteiger partial charge in [-0.05, 0) is 108 Å². The fraction of sp³-hybridized carbons (Fsp3) is 0.0667. The SMILES string of the molecule is CN(c1ccc(Cl)cc1)c1cc[n+](C2([n+]3ccc(N(C)c4ccc(Cl)cc4)c4ccc(Cl)cc43)c3cccc(c3)-c3cccc2c3)c2cc(Cl)ccc12.[Br-].[Br-]. The molecule has 0 atom stereocenters. The summed E-state index contributed by atoms with van der Waals surface area (Å²) in [7, 11) is 4.15. The van der Waals surface area contributed by atoms with Gasteiger partial charge >= 0.3 is 5.66 Å². The third-order valence-electron chi connectivity index (χ3n) is 10.5. The molecule has 0 aliphatic heterocycles. The molecular weight excluding hydrogens is 898 g/mol. The van der Waals surface area contributed by atoms with Crippen LogP contribution >= 0.6 is 46.4 Å². The number of aromatic nitrogens is 2. The van der Waals surface area contributed by atoms with Crippen molar-refractivity contribution in [1.29, 1.82) is 0 Å². The van der Waals surface area contributed by atoms with E-state index in [9.17, 15) is 0 Å². The molecule has 0 radical (unpaired) electrons. The Kier molecular flexibility index (Phi) is 11.0. The summed E-state index contributed by atoms with van der Waals surface area (Å²) in [6, 6.07) is 50.1. The van der Waals surface area contributed by atoms with Crippen molar-refractivity contribution in [2.45, 2.75) is 5.66 Å². The van der Waals surface area contributed by atoms with Crippen LogP contribution in [0.1, 0.15) is 11.1 Å². The third-order valence-corrected chi connectivity index (χ3v) is 11.4. The Bertz CT molecular complexity index is 2540. The van der Waals surface area contributed by atoms with Crippen LogP contribution in [0.5, 0.6) is 0 Å². The van der Waals surface area contributed by atoms with Gasteiger partial charge in [0.05, 0.1) is 22.1 Å². The molecule has 4 nitrogen and oxygen atoms in total. The maximum Gasteiger partial charge on any atom is 0.415 e. The van der Waals surface area contributed by atoms with Crippen LogP contribution in [0.15, 0.2) is 158 Å². The first-order chi connectivity index (χ1) is 25.7. The van der Waals surface area contributed by atoms with Crippen molar-refractivity contribution in [2.24, 2.45) is 0 Å². The number of fused-ring (bicyclic) bond motifs is 7. The molecule has 0 fully saturated rings. The number of anilines is 4. The first-order valence-electron chi connectivity index (χ1n) is 17.2. The summed E-state index contributed by atoms with van der Waals surface area (Å²) in [6.07, 6.45) is 4.37. The maximum absolute atomic E-state index is 6.91.